The van der Waals surface area contributed by atoms with Gasteiger partial charge in [0.1, 0.15) is 6.33 Å². The Morgan fingerprint density at radius 3 is 3.00 bits per heavy atom. The molecule has 0 saturated heterocycles. The van der Waals surface area contributed by atoms with E-state index in [0.29, 0.717) is 24.7 Å². The Hall–Kier alpha value is -2.51. The highest BCUT2D eigenvalue weighted by Crippen LogP contribution is 2.16. The van der Waals surface area contributed by atoms with Gasteiger partial charge in [0.2, 0.25) is 5.95 Å². The zero-order chi connectivity index (χ0) is 13.4. The molecular formula is C11H12N6O2. The monoisotopic (exact) mass is 260 g/mol. The number of hydrogen-bond donors (Lipinski definition) is 1. The van der Waals surface area contributed by atoms with Crippen LogP contribution < -0.4 is 4.90 Å². The minimum Gasteiger partial charge on any atom is -0.477 e. The number of carboxylic acids is 1. The predicted octanol–water partition coefficient (Wildman–Crippen LogP) is 0.0949. The Bertz CT molecular complexity index is 638. The van der Waals surface area contributed by atoms with Gasteiger partial charge in [0, 0.05) is 18.8 Å². The molecule has 8 nitrogen and oxygen atoms in total. The fraction of sp³-hybridized carbons (Fsp3) is 0.364. The summed E-state index contributed by atoms with van der Waals surface area (Å²) in [5.41, 5.74) is 0.643. The van der Waals surface area contributed by atoms with Gasteiger partial charge < -0.3 is 14.6 Å². The summed E-state index contributed by atoms with van der Waals surface area (Å²) in [4.78, 5) is 21.3. The van der Waals surface area contributed by atoms with Gasteiger partial charge in [0.15, 0.2) is 11.5 Å². The van der Waals surface area contributed by atoms with Gasteiger partial charge in [0.05, 0.1) is 6.54 Å². The molecule has 2 aromatic rings. The third-order valence-electron chi connectivity index (χ3n) is 2.98. The number of aromatic carboxylic acids is 1. The Morgan fingerprint density at radius 1 is 1.37 bits per heavy atom. The van der Waals surface area contributed by atoms with Crippen LogP contribution in [-0.2, 0) is 13.1 Å². The van der Waals surface area contributed by atoms with Gasteiger partial charge in [0.25, 0.3) is 0 Å². The summed E-state index contributed by atoms with van der Waals surface area (Å²) < 4.78 is 1.96. The van der Waals surface area contributed by atoms with Crippen molar-refractivity contribution in [3.05, 3.63) is 29.6 Å². The molecule has 1 aliphatic heterocycles. The summed E-state index contributed by atoms with van der Waals surface area (Å²) in [5.74, 6) is 0.201. The number of anilines is 1. The van der Waals surface area contributed by atoms with Crippen molar-refractivity contribution in [3.8, 4) is 0 Å². The molecule has 0 aliphatic carbocycles. The Balaban J connectivity index is 1.93. The van der Waals surface area contributed by atoms with Crippen molar-refractivity contribution >= 4 is 11.9 Å². The second-order valence-electron chi connectivity index (χ2n) is 4.36. The molecule has 3 rings (SSSR count). The number of rotatable bonds is 2. The number of carbonyl (C=O) groups is 1. The van der Waals surface area contributed by atoms with Crippen LogP contribution in [0.25, 0.3) is 0 Å². The lowest BCUT2D eigenvalue weighted by Crippen LogP contribution is -2.35. The highest BCUT2D eigenvalue weighted by molar-refractivity contribution is 5.85. The van der Waals surface area contributed by atoms with Crippen LogP contribution in [0.4, 0.5) is 5.95 Å². The minimum atomic E-state index is -1.05. The number of carboxylic acid groups (broad SMARTS) is 1. The highest BCUT2D eigenvalue weighted by atomic mass is 16.4. The zero-order valence-corrected chi connectivity index (χ0v) is 10.3. The first-order valence-electron chi connectivity index (χ1n) is 5.84. The number of hydrogen-bond acceptors (Lipinski definition) is 6. The van der Waals surface area contributed by atoms with Crippen molar-refractivity contribution in [2.24, 2.45) is 0 Å². The molecule has 98 valence electrons. The van der Waals surface area contributed by atoms with Crippen LogP contribution >= 0.6 is 0 Å². The molecule has 2 aromatic heterocycles. The molecule has 0 aromatic carbocycles. The number of aromatic nitrogens is 5. The van der Waals surface area contributed by atoms with Crippen LogP contribution in [0.1, 0.15) is 22.0 Å². The lowest BCUT2D eigenvalue weighted by molar-refractivity contribution is 0.0690. The maximum Gasteiger partial charge on any atom is 0.354 e. The molecule has 0 unspecified atom stereocenters. The Labute approximate surface area is 108 Å². The first-order valence-corrected chi connectivity index (χ1v) is 5.84. The molecule has 0 spiro atoms. The first-order chi connectivity index (χ1) is 9.13. The van der Waals surface area contributed by atoms with Crippen LogP contribution in [0, 0.1) is 6.92 Å². The average molecular weight is 260 g/mol. The topological polar surface area (TPSA) is 97.0 Å². The van der Waals surface area contributed by atoms with E-state index in [1.165, 1.54) is 6.07 Å². The second-order valence-corrected chi connectivity index (χ2v) is 4.36. The van der Waals surface area contributed by atoms with E-state index in [9.17, 15) is 4.79 Å². The van der Waals surface area contributed by atoms with Gasteiger partial charge in [-0.3, -0.25) is 0 Å². The molecule has 0 bridgehead atoms. The minimum absolute atomic E-state index is 0.00883. The third kappa shape index (κ3) is 2.12. The van der Waals surface area contributed by atoms with Gasteiger partial charge >= 0.3 is 5.97 Å². The van der Waals surface area contributed by atoms with Crippen molar-refractivity contribution in [1.82, 2.24) is 24.7 Å². The zero-order valence-electron chi connectivity index (χ0n) is 10.3. The molecule has 0 atom stereocenters. The van der Waals surface area contributed by atoms with E-state index >= 15 is 0 Å². The summed E-state index contributed by atoms with van der Waals surface area (Å²) in [5, 5.41) is 16.9. The summed E-state index contributed by atoms with van der Waals surface area (Å²) in [6.07, 6.45) is 1.69. The summed E-state index contributed by atoms with van der Waals surface area (Å²) in [6, 6.07) is 1.46. The van der Waals surface area contributed by atoms with E-state index in [4.69, 9.17) is 5.11 Å². The van der Waals surface area contributed by atoms with Crippen molar-refractivity contribution in [3.63, 3.8) is 0 Å². The third-order valence-corrected chi connectivity index (χ3v) is 2.98. The maximum atomic E-state index is 11.0. The maximum absolute atomic E-state index is 11.0. The van der Waals surface area contributed by atoms with E-state index in [0.717, 1.165) is 12.4 Å². The smallest absolute Gasteiger partial charge is 0.354 e. The quantitative estimate of drug-likeness (QED) is 0.817. The number of aryl methyl sites for hydroxylation is 1. The van der Waals surface area contributed by atoms with E-state index in [2.05, 4.69) is 20.2 Å². The van der Waals surface area contributed by atoms with Crippen LogP contribution in [0.2, 0.25) is 0 Å². The molecule has 3 heterocycles. The van der Waals surface area contributed by atoms with E-state index in [1.54, 1.807) is 13.3 Å². The van der Waals surface area contributed by atoms with Gasteiger partial charge in [-0.25, -0.2) is 14.8 Å². The molecule has 1 aliphatic rings. The molecule has 0 fully saturated rings. The number of nitrogens with zero attached hydrogens (tertiary/aromatic N) is 6. The van der Waals surface area contributed by atoms with E-state index < -0.39 is 5.97 Å². The molecule has 8 heteroatoms. The van der Waals surface area contributed by atoms with Crippen molar-refractivity contribution in [2.75, 3.05) is 11.4 Å². The number of fused-ring (bicyclic) bond motifs is 1. The first kappa shape index (κ1) is 11.6. The van der Waals surface area contributed by atoms with Gasteiger partial charge in [-0.1, -0.05) is 0 Å². The fourth-order valence-electron chi connectivity index (χ4n) is 2.04. The normalized spacial score (nSPS) is 14.3. The summed E-state index contributed by atoms with van der Waals surface area (Å²) in [7, 11) is 0. The molecule has 0 amide bonds. The molecule has 1 N–H and O–H groups in total. The van der Waals surface area contributed by atoms with E-state index in [-0.39, 0.29) is 5.69 Å². The van der Waals surface area contributed by atoms with Gasteiger partial charge in [-0.05, 0) is 13.0 Å². The lowest BCUT2D eigenvalue weighted by Gasteiger charge is -2.27. The van der Waals surface area contributed by atoms with Gasteiger partial charge in [-0.2, -0.15) is 0 Å². The molecule has 0 radical (unpaired) electrons. The van der Waals surface area contributed by atoms with Crippen LogP contribution in [-0.4, -0.2) is 42.4 Å². The average Bonchev–Trinajstić information content (AvgIpc) is 2.85. The molecular weight excluding hydrogens is 248 g/mol. The summed E-state index contributed by atoms with van der Waals surface area (Å²) in [6.45, 7) is 3.72. The van der Waals surface area contributed by atoms with Crippen molar-refractivity contribution < 1.29 is 9.90 Å². The second kappa shape index (κ2) is 4.30. The Morgan fingerprint density at radius 2 is 2.21 bits per heavy atom. The van der Waals surface area contributed by atoms with Crippen LogP contribution in [0.3, 0.4) is 0 Å². The van der Waals surface area contributed by atoms with E-state index in [1.807, 2.05) is 9.47 Å². The lowest BCUT2D eigenvalue weighted by atomic mass is 10.3. The molecule has 0 saturated carbocycles. The largest absolute Gasteiger partial charge is 0.477 e. The van der Waals surface area contributed by atoms with Gasteiger partial charge in [-0.15, -0.1) is 10.2 Å². The predicted molar refractivity (Wildman–Crippen MR) is 64.8 cm³/mol. The fourth-order valence-corrected chi connectivity index (χ4v) is 2.04. The van der Waals surface area contributed by atoms with Crippen LogP contribution in [0.15, 0.2) is 12.4 Å². The van der Waals surface area contributed by atoms with Crippen LogP contribution in [0.5, 0.6) is 0 Å². The Kier molecular flexibility index (Phi) is 2.62. The van der Waals surface area contributed by atoms with Crippen molar-refractivity contribution in [2.45, 2.75) is 20.0 Å². The SMILES string of the molecule is Cc1cc(C(=O)O)nc(N2CCn3cnnc3C2)n1. The van der Waals surface area contributed by atoms with Crippen molar-refractivity contribution in [1.29, 1.82) is 0 Å². The molecule has 19 heavy (non-hydrogen) atoms. The highest BCUT2D eigenvalue weighted by Gasteiger charge is 2.21. The standard InChI is InChI=1S/C11H12N6O2/c1-7-4-8(10(18)19)14-11(13-7)16-2-3-17-6-12-15-9(17)5-16/h4,6H,2-3,5H2,1H3,(H,18,19). The summed E-state index contributed by atoms with van der Waals surface area (Å²) >= 11 is 0.